The molecule has 2 aromatic carbocycles. The molecule has 1 atom stereocenters. The molecule has 0 radical (unpaired) electrons. The van der Waals surface area contributed by atoms with Crippen LogP contribution in [0.2, 0.25) is 0 Å². The maximum Gasteiger partial charge on any atom is 0.255 e. The summed E-state index contributed by atoms with van der Waals surface area (Å²) in [5.41, 5.74) is 1.71. The van der Waals surface area contributed by atoms with E-state index in [1.165, 1.54) is 22.9 Å². The Morgan fingerprint density at radius 1 is 0.962 bits per heavy atom. The number of carbonyl (C=O) groups is 1. The average Bonchev–Trinajstić information content (AvgIpc) is 2.69. The molecule has 1 heterocycles. The lowest BCUT2D eigenvalue weighted by molar-refractivity contribution is 0.0942. The third-order valence-electron chi connectivity index (χ3n) is 4.10. The van der Waals surface area contributed by atoms with Crippen molar-refractivity contribution in [2.24, 2.45) is 0 Å². The summed E-state index contributed by atoms with van der Waals surface area (Å²) in [6, 6.07) is 21.3. The van der Waals surface area contributed by atoms with Gasteiger partial charge in [-0.05, 0) is 30.2 Å². The Labute approximate surface area is 151 Å². The van der Waals surface area contributed by atoms with Gasteiger partial charge in [-0.2, -0.15) is 0 Å². The summed E-state index contributed by atoms with van der Waals surface area (Å²) in [5.74, 6) is -0.282. The second-order valence-electron chi connectivity index (χ2n) is 5.93. The lowest BCUT2D eigenvalue weighted by Crippen LogP contribution is -2.27. The summed E-state index contributed by atoms with van der Waals surface area (Å²) in [7, 11) is 0. The monoisotopic (exact) mass is 348 g/mol. The molecule has 132 valence electrons. The molecule has 0 fully saturated rings. The number of pyridine rings is 1. The summed E-state index contributed by atoms with van der Waals surface area (Å²) in [6.07, 6.45) is 1.31. The van der Waals surface area contributed by atoms with Crippen molar-refractivity contribution >= 4 is 5.91 Å². The van der Waals surface area contributed by atoms with Crippen LogP contribution in [-0.4, -0.2) is 22.1 Å². The zero-order valence-corrected chi connectivity index (χ0v) is 14.2. The van der Waals surface area contributed by atoms with Crippen LogP contribution in [0.15, 0.2) is 83.8 Å². The van der Waals surface area contributed by atoms with E-state index < -0.39 is 6.10 Å². The molecule has 0 saturated heterocycles. The van der Waals surface area contributed by atoms with Gasteiger partial charge in [-0.3, -0.25) is 14.2 Å². The van der Waals surface area contributed by atoms with Gasteiger partial charge in [-0.25, -0.2) is 0 Å². The van der Waals surface area contributed by atoms with E-state index in [0.29, 0.717) is 24.2 Å². The molecule has 1 amide bonds. The zero-order chi connectivity index (χ0) is 18.4. The van der Waals surface area contributed by atoms with E-state index in [4.69, 9.17) is 0 Å². The number of para-hydroxylation sites is 1. The Kier molecular flexibility index (Phi) is 5.61. The minimum atomic E-state index is -0.630. The topological polar surface area (TPSA) is 71.3 Å². The number of aliphatic hydroxyl groups excluding tert-OH is 1. The number of nitrogens with one attached hydrogen (secondary N) is 1. The molecule has 0 aliphatic carbocycles. The highest BCUT2D eigenvalue weighted by Crippen LogP contribution is 2.15. The molecule has 5 heteroatoms. The average molecular weight is 348 g/mol. The molecule has 1 aromatic heterocycles. The number of amides is 1. The Morgan fingerprint density at radius 3 is 2.31 bits per heavy atom. The van der Waals surface area contributed by atoms with Gasteiger partial charge in [-0.1, -0.05) is 48.5 Å². The first-order valence-electron chi connectivity index (χ1n) is 8.44. The molecule has 0 bridgehead atoms. The van der Waals surface area contributed by atoms with Crippen LogP contribution in [0, 0.1) is 0 Å². The quantitative estimate of drug-likeness (QED) is 0.719. The molecule has 0 aliphatic heterocycles. The standard InChI is InChI=1S/C21H20N2O3/c24-19(16-7-3-1-4-8-16)13-14-22-21(26)17-11-12-20(25)23(15-17)18-9-5-2-6-10-18/h1-12,15,19,24H,13-14H2,(H,22,26). The van der Waals surface area contributed by atoms with Crippen LogP contribution >= 0.6 is 0 Å². The Bertz CT molecular complexity index is 921. The van der Waals surface area contributed by atoms with Gasteiger partial charge in [-0.15, -0.1) is 0 Å². The van der Waals surface area contributed by atoms with Crippen molar-refractivity contribution < 1.29 is 9.90 Å². The summed E-state index contributed by atoms with van der Waals surface area (Å²) >= 11 is 0. The predicted octanol–water partition coefficient (Wildman–Crippen LogP) is 2.69. The molecule has 0 saturated carbocycles. The van der Waals surface area contributed by atoms with Gasteiger partial charge >= 0.3 is 0 Å². The third kappa shape index (κ3) is 4.26. The normalized spacial score (nSPS) is 11.7. The van der Waals surface area contributed by atoms with E-state index in [9.17, 15) is 14.7 Å². The lowest BCUT2D eigenvalue weighted by atomic mass is 10.1. The maximum atomic E-state index is 12.3. The molecule has 3 rings (SSSR count). The SMILES string of the molecule is O=C(NCCC(O)c1ccccc1)c1ccc(=O)n(-c2ccccc2)c1. The largest absolute Gasteiger partial charge is 0.388 e. The summed E-state index contributed by atoms with van der Waals surface area (Å²) in [6.45, 7) is 0.333. The molecular formula is C21H20N2O3. The Hall–Kier alpha value is -3.18. The highest BCUT2D eigenvalue weighted by Gasteiger charge is 2.10. The minimum Gasteiger partial charge on any atom is -0.388 e. The highest BCUT2D eigenvalue weighted by molar-refractivity contribution is 5.93. The summed E-state index contributed by atoms with van der Waals surface area (Å²) in [5, 5.41) is 12.9. The fourth-order valence-electron chi connectivity index (χ4n) is 2.68. The van der Waals surface area contributed by atoms with E-state index in [0.717, 1.165) is 5.56 Å². The molecule has 0 spiro atoms. The number of carbonyl (C=O) groups excluding carboxylic acids is 1. The first-order valence-corrected chi connectivity index (χ1v) is 8.44. The highest BCUT2D eigenvalue weighted by atomic mass is 16.3. The van der Waals surface area contributed by atoms with Crippen molar-refractivity contribution in [3.05, 3.63) is 100 Å². The Balaban J connectivity index is 1.64. The smallest absolute Gasteiger partial charge is 0.255 e. The fourth-order valence-corrected chi connectivity index (χ4v) is 2.68. The summed E-state index contributed by atoms with van der Waals surface area (Å²) < 4.78 is 1.44. The Morgan fingerprint density at radius 2 is 1.62 bits per heavy atom. The van der Waals surface area contributed by atoms with Crippen LogP contribution in [0.25, 0.3) is 5.69 Å². The van der Waals surface area contributed by atoms with Crippen LogP contribution < -0.4 is 10.9 Å². The second kappa shape index (κ2) is 8.27. The molecule has 3 aromatic rings. The van der Waals surface area contributed by atoms with Crippen molar-refractivity contribution in [3.8, 4) is 5.69 Å². The zero-order valence-electron chi connectivity index (χ0n) is 14.2. The number of hydrogen-bond donors (Lipinski definition) is 2. The number of aliphatic hydroxyl groups is 1. The molecule has 0 aliphatic rings. The molecule has 2 N–H and O–H groups in total. The van der Waals surface area contributed by atoms with Crippen molar-refractivity contribution in [1.82, 2.24) is 9.88 Å². The van der Waals surface area contributed by atoms with Crippen LogP contribution in [0.5, 0.6) is 0 Å². The number of benzene rings is 2. The predicted molar refractivity (Wildman–Crippen MR) is 100 cm³/mol. The van der Waals surface area contributed by atoms with Gasteiger partial charge in [0.05, 0.1) is 11.7 Å². The first kappa shape index (κ1) is 17.6. The van der Waals surface area contributed by atoms with Crippen LogP contribution in [-0.2, 0) is 0 Å². The van der Waals surface area contributed by atoms with Gasteiger partial charge < -0.3 is 10.4 Å². The van der Waals surface area contributed by atoms with E-state index in [1.54, 1.807) is 12.1 Å². The molecule has 5 nitrogen and oxygen atoms in total. The van der Waals surface area contributed by atoms with Crippen molar-refractivity contribution in [1.29, 1.82) is 0 Å². The van der Waals surface area contributed by atoms with Crippen LogP contribution in [0.1, 0.15) is 28.4 Å². The van der Waals surface area contributed by atoms with Crippen molar-refractivity contribution in [2.75, 3.05) is 6.54 Å². The number of nitrogens with zero attached hydrogens (tertiary/aromatic N) is 1. The van der Waals surface area contributed by atoms with Crippen molar-refractivity contribution in [3.63, 3.8) is 0 Å². The third-order valence-corrected chi connectivity index (χ3v) is 4.10. The lowest BCUT2D eigenvalue weighted by Gasteiger charge is -2.12. The molecule has 26 heavy (non-hydrogen) atoms. The van der Waals surface area contributed by atoms with Gasteiger partial charge in [0.1, 0.15) is 0 Å². The number of aromatic nitrogens is 1. The van der Waals surface area contributed by atoms with Gasteiger partial charge in [0, 0.05) is 24.5 Å². The van der Waals surface area contributed by atoms with Crippen molar-refractivity contribution in [2.45, 2.75) is 12.5 Å². The van der Waals surface area contributed by atoms with E-state index in [1.807, 2.05) is 48.5 Å². The van der Waals surface area contributed by atoms with Crippen LogP contribution in [0.3, 0.4) is 0 Å². The van der Waals surface area contributed by atoms with Gasteiger partial charge in [0.25, 0.3) is 11.5 Å². The minimum absolute atomic E-state index is 0.202. The summed E-state index contributed by atoms with van der Waals surface area (Å²) in [4.78, 5) is 24.4. The van der Waals surface area contributed by atoms with Crippen LogP contribution in [0.4, 0.5) is 0 Å². The maximum absolute atomic E-state index is 12.3. The van der Waals surface area contributed by atoms with Gasteiger partial charge in [0.15, 0.2) is 0 Å². The van der Waals surface area contributed by atoms with E-state index in [-0.39, 0.29) is 11.5 Å². The molecule has 1 unspecified atom stereocenters. The second-order valence-corrected chi connectivity index (χ2v) is 5.93. The number of rotatable bonds is 6. The molecular weight excluding hydrogens is 328 g/mol. The van der Waals surface area contributed by atoms with E-state index in [2.05, 4.69) is 5.32 Å². The van der Waals surface area contributed by atoms with E-state index >= 15 is 0 Å². The fraction of sp³-hybridized carbons (Fsp3) is 0.143. The number of hydrogen-bond acceptors (Lipinski definition) is 3. The van der Waals surface area contributed by atoms with Gasteiger partial charge in [0.2, 0.25) is 0 Å². The first-order chi connectivity index (χ1) is 12.6.